The number of carbonyl (C=O) groups excluding carboxylic acids is 4. The Morgan fingerprint density at radius 3 is 2.44 bits per heavy atom. The molecule has 1 fully saturated rings. The second kappa shape index (κ2) is 13.1. The van der Waals surface area contributed by atoms with E-state index >= 15 is 0 Å². The molecule has 1 N–H and O–H groups in total. The molecular formula is C27H25ClN2O7S2. The van der Waals surface area contributed by atoms with Gasteiger partial charge in [0.2, 0.25) is 5.91 Å². The van der Waals surface area contributed by atoms with Gasteiger partial charge in [0.15, 0.2) is 0 Å². The Bertz CT molecular complexity index is 1320. The van der Waals surface area contributed by atoms with Crippen molar-refractivity contribution in [3.05, 3.63) is 81.9 Å². The molecule has 0 radical (unpaired) electrons. The number of carbonyl (C=O) groups is 4. The van der Waals surface area contributed by atoms with Gasteiger partial charge in [0, 0.05) is 27.8 Å². The molecule has 2 amide bonds. The molecule has 2 atom stereocenters. The molecule has 1 unspecified atom stereocenters. The summed E-state index contributed by atoms with van der Waals surface area (Å²) in [5.74, 6) is -1.37. The molecule has 2 aliphatic heterocycles. The highest BCUT2D eigenvalue weighted by Crippen LogP contribution is 2.47. The van der Waals surface area contributed by atoms with Gasteiger partial charge in [0.25, 0.3) is 5.91 Å². The van der Waals surface area contributed by atoms with Crippen LogP contribution in [0.3, 0.4) is 0 Å². The van der Waals surface area contributed by atoms with E-state index in [1.54, 1.807) is 31.4 Å². The first kappa shape index (κ1) is 28.6. The summed E-state index contributed by atoms with van der Waals surface area (Å²) < 4.78 is 15.8. The van der Waals surface area contributed by atoms with Crippen LogP contribution in [0.2, 0.25) is 0 Å². The number of hydrogen-bond donors (Lipinski definition) is 1. The zero-order valence-corrected chi connectivity index (χ0v) is 23.4. The zero-order valence-electron chi connectivity index (χ0n) is 21.0. The smallest absolute Gasteiger partial charge is 0.355 e. The van der Waals surface area contributed by atoms with E-state index in [1.165, 1.54) is 40.9 Å². The fourth-order valence-electron chi connectivity index (χ4n) is 3.86. The quantitative estimate of drug-likeness (QED) is 0.251. The molecule has 204 valence electrons. The lowest BCUT2D eigenvalue weighted by atomic mass is 10.0. The van der Waals surface area contributed by atoms with E-state index in [1.807, 2.05) is 30.3 Å². The van der Waals surface area contributed by atoms with Crippen LogP contribution in [-0.4, -0.2) is 59.5 Å². The van der Waals surface area contributed by atoms with Crippen molar-refractivity contribution in [1.82, 2.24) is 10.2 Å². The fourth-order valence-corrected chi connectivity index (χ4v) is 6.13. The van der Waals surface area contributed by atoms with Gasteiger partial charge in [-0.2, -0.15) is 0 Å². The van der Waals surface area contributed by atoms with Gasteiger partial charge in [-0.05, 0) is 29.8 Å². The molecule has 2 heterocycles. The molecule has 0 spiro atoms. The maximum absolute atomic E-state index is 13.3. The Balaban J connectivity index is 1.51. The number of β-lactam (4-membered cyclic amide) rings is 1. The summed E-state index contributed by atoms with van der Waals surface area (Å²) in [6.45, 7) is 0.887. The number of nitrogens with zero attached hydrogens (tertiary/aromatic N) is 1. The fraction of sp³-hybridized carbons (Fsp3) is 0.259. The third-order valence-electron chi connectivity index (χ3n) is 5.79. The number of esters is 2. The number of ether oxygens (including phenoxy) is 3. The van der Waals surface area contributed by atoms with Crippen LogP contribution in [0.25, 0.3) is 0 Å². The minimum atomic E-state index is -0.870. The molecule has 4 rings (SSSR count). The lowest BCUT2D eigenvalue weighted by Crippen LogP contribution is -2.70. The topological polar surface area (TPSA) is 111 Å². The van der Waals surface area contributed by atoms with Crippen molar-refractivity contribution < 1.29 is 33.4 Å². The van der Waals surface area contributed by atoms with Crippen LogP contribution < -0.4 is 10.1 Å². The highest BCUT2D eigenvalue weighted by Gasteiger charge is 2.55. The van der Waals surface area contributed by atoms with E-state index < -0.39 is 29.3 Å². The van der Waals surface area contributed by atoms with Gasteiger partial charge in [0.1, 0.15) is 36.1 Å². The summed E-state index contributed by atoms with van der Waals surface area (Å²) in [7, 11) is 1.55. The molecule has 0 bridgehead atoms. The number of methoxy groups -OCH3 is 1. The molecule has 1 saturated heterocycles. The van der Waals surface area contributed by atoms with Gasteiger partial charge in [-0.1, -0.05) is 53.7 Å². The third-order valence-corrected chi connectivity index (χ3v) is 8.49. The van der Waals surface area contributed by atoms with E-state index in [0.29, 0.717) is 16.2 Å². The summed E-state index contributed by atoms with van der Waals surface area (Å²) >= 11 is 8.63. The number of nitrogens with one attached hydrogen (secondary N) is 1. The number of amides is 2. The highest BCUT2D eigenvalue weighted by molar-refractivity contribution is 8.04. The second-order valence-corrected chi connectivity index (χ2v) is 10.8. The van der Waals surface area contributed by atoms with E-state index in [4.69, 9.17) is 25.8 Å². The number of rotatable bonds is 10. The molecule has 2 aromatic rings. The van der Waals surface area contributed by atoms with Crippen molar-refractivity contribution in [3.63, 3.8) is 0 Å². The molecule has 0 aliphatic carbocycles. The normalized spacial score (nSPS) is 19.2. The average Bonchev–Trinajstić information content (AvgIpc) is 2.96. The first-order valence-electron chi connectivity index (χ1n) is 11.8. The Hall–Kier alpha value is -3.41. The highest BCUT2D eigenvalue weighted by atomic mass is 35.5. The largest absolute Gasteiger partial charge is 0.497 e. The van der Waals surface area contributed by atoms with Crippen molar-refractivity contribution >= 4 is 58.9 Å². The van der Waals surface area contributed by atoms with Crippen molar-refractivity contribution in [1.29, 1.82) is 0 Å². The van der Waals surface area contributed by atoms with Crippen LogP contribution in [0.1, 0.15) is 12.5 Å². The first-order chi connectivity index (χ1) is 18.8. The Labute approximate surface area is 238 Å². The predicted molar refractivity (Wildman–Crippen MR) is 148 cm³/mol. The Morgan fingerprint density at radius 1 is 1.08 bits per heavy atom. The van der Waals surface area contributed by atoms with Crippen LogP contribution in [-0.2, 0) is 35.3 Å². The zero-order chi connectivity index (χ0) is 27.9. The molecule has 2 aromatic carbocycles. The predicted octanol–water partition coefficient (Wildman–Crippen LogP) is 3.83. The summed E-state index contributed by atoms with van der Waals surface area (Å²) in [5, 5.41) is 2.13. The van der Waals surface area contributed by atoms with Crippen molar-refractivity contribution in [3.8, 4) is 5.75 Å². The van der Waals surface area contributed by atoms with Crippen LogP contribution in [0.15, 0.2) is 81.2 Å². The molecule has 0 saturated carbocycles. The molecule has 39 heavy (non-hydrogen) atoms. The van der Waals surface area contributed by atoms with Gasteiger partial charge in [-0.15, -0.1) is 11.8 Å². The maximum atomic E-state index is 13.3. The van der Waals surface area contributed by atoms with Crippen molar-refractivity contribution in [2.45, 2.75) is 29.8 Å². The van der Waals surface area contributed by atoms with Crippen LogP contribution in [0, 0.1) is 0 Å². The van der Waals surface area contributed by atoms with Crippen molar-refractivity contribution in [2.75, 3.05) is 19.5 Å². The molecular weight excluding hydrogens is 564 g/mol. The molecule has 0 aromatic heterocycles. The van der Waals surface area contributed by atoms with E-state index in [0.717, 1.165) is 4.90 Å². The Kier molecular flexibility index (Phi) is 9.60. The lowest BCUT2D eigenvalue weighted by Gasteiger charge is -2.50. The van der Waals surface area contributed by atoms with Crippen LogP contribution in [0.4, 0.5) is 0 Å². The summed E-state index contributed by atoms with van der Waals surface area (Å²) in [5.41, 5.74) is 2.13. The van der Waals surface area contributed by atoms with E-state index in [-0.39, 0.29) is 36.1 Å². The monoisotopic (exact) mass is 588 g/mol. The minimum Gasteiger partial charge on any atom is -0.497 e. The minimum absolute atomic E-state index is 0.0657. The van der Waals surface area contributed by atoms with Gasteiger partial charge >= 0.3 is 11.9 Å². The molecule has 9 nitrogen and oxygen atoms in total. The van der Waals surface area contributed by atoms with Gasteiger partial charge in [-0.3, -0.25) is 19.3 Å². The van der Waals surface area contributed by atoms with Gasteiger partial charge in [0.05, 0.1) is 12.9 Å². The van der Waals surface area contributed by atoms with Crippen LogP contribution >= 0.6 is 35.1 Å². The summed E-state index contributed by atoms with van der Waals surface area (Å²) in [4.78, 5) is 53.3. The Morgan fingerprint density at radius 2 is 1.79 bits per heavy atom. The van der Waals surface area contributed by atoms with Crippen LogP contribution in [0.5, 0.6) is 5.75 Å². The lowest BCUT2D eigenvalue weighted by molar-refractivity contribution is -0.153. The van der Waals surface area contributed by atoms with E-state index in [2.05, 4.69) is 5.32 Å². The number of halogens is 1. The number of thioether (sulfide) groups is 2. The van der Waals surface area contributed by atoms with Gasteiger partial charge in [-0.25, -0.2) is 4.79 Å². The average molecular weight is 589 g/mol. The third kappa shape index (κ3) is 6.78. The standard InChI is InChI=1S/C27H25ClN2O7S2/c1-16(31)36-14-20-21(12-28)39-26-23(29-22(32)15-38-19-6-4-3-5-7-19)25(33)30(26)24(20)27(34)37-13-17-8-10-18(35-2)11-9-17/h3-12,23,26H,13-15H2,1-2H3,(H,29,32)/t23?,26-/m1/s1. The number of hydrogen-bond acceptors (Lipinski definition) is 9. The number of benzene rings is 2. The SMILES string of the molecule is COc1ccc(COC(=O)C2=C(COC(C)=O)C(=CCl)S[C@@H]3C(NC(=O)CSc4ccccc4)C(=O)N23)cc1. The van der Waals surface area contributed by atoms with E-state index in [9.17, 15) is 19.2 Å². The van der Waals surface area contributed by atoms with Gasteiger partial charge < -0.3 is 19.5 Å². The summed E-state index contributed by atoms with van der Waals surface area (Å²) in [6, 6.07) is 15.5. The maximum Gasteiger partial charge on any atom is 0.355 e. The molecule has 2 aliphatic rings. The second-order valence-electron chi connectivity index (χ2n) is 8.37. The van der Waals surface area contributed by atoms with Crippen molar-refractivity contribution in [2.24, 2.45) is 0 Å². The first-order valence-corrected chi connectivity index (χ1v) is 14.1. The number of fused-ring (bicyclic) bond motifs is 1. The molecule has 12 heteroatoms. The summed E-state index contributed by atoms with van der Waals surface area (Å²) in [6.07, 6.45) is 0.